The molecule has 1 aliphatic rings. The van der Waals surface area contributed by atoms with Crippen molar-refractivity contribution in [2.75, 3.05) is 20.8 Å². The van der Waals surface area contributed by atoms with Crippen molar-refractivity contribution >= 4 is 15.9 Å². The third-order valence-electron chi connectivity index (χ3n) is 3.23. The van der Waals surface area contributed by atoms with Crippen LogP contribution in [-0.2, 0) is 0 Å². The molecule has 1 aromatic carbocycles. The first-order valence-corrected chi connectivity index (χ1v) is 6.59. The predicted molar refractivity (Wildman–Crippen MR) is 71.8 cm³/mol. The molecule has 4 heteroatoms. The number of ether oxygens (including phenoxy) is 2. The van der Waals surface area contributed by atoms with Gasteiger partial charge in [-0.05, 0) is 40.9 Å². The van der Waals surface area contributed by atoms with Crippen molar-refractivity contribution in [3.05, 3.63) is 22.2 Å². The Morgan fingerprint density at radius 3 is 2.47 bits per heavy atom. The molecule has 17 heavy (non-hydrogen) atoms. The first-order valence-electron chi connectivity index (χ1n) is 5.80. The van der Waals surface area contributed by atoms with Gasteiger partial charge in [-0.1, -0.05) is 6.92 Å². The van der Waals surface area contributed by atoms with E-state index in [4.69, 9.17) is 9.47 Å². The molecule has 0 saturated carbocycles. The maximum atomic E-state index is 5.45. The highest BCUT2D eigenvalue weighted by Crippen LogP contribution is 2.39. The molecule has 94 valence electrons. The van der Waals surface area contributed by atoms with Gasteiger partial charge in [-0.15, -0.1) is 0 Å². The second-order valence-corrected chi connectivity index (χ2v) is 5.38. The Labute approximate surface area is 111 Å². The predicted octanol–water partition coefficient (Wildman–Crippen LogP) is 3.14. The fraction of sp³-hybridized carbons (Fsp3) is 0.538. The maximum Gasteiger partial charge on any atom is 0.136 e. The van der Waals surface area contributed by atoms with Crippen molar-refractivity contribution in [3.8, 4) is 11.5 Å². The molecule has 0 amide bonds. The van der Waals surface area contributed by atoms with Gasteiger partial charge in [0.1, 0.15) is 11.5 Å². The molecule has 0 bridgehead atoms. The number of hydrogen-bond acceptors (Lipinski definition) is 3. The molecule has 0 aliphatic carbocycles. The Kier molecular flexibility index (Phi) is 3.94. The van der Waals surface area contributed by atoms with Crippen molar-refractivity contribution in [1.82, 2.24) is 5.32 Å². The first kappa shape index (κ1) is 12.7. The van der Waals surface area contributed by atoms with Crippen molar-refractivity contribution in [2.24, 2.45) is 5.92 Å². The average Bonchev–Trinajstić information content (AvgIpc) is 2.75. The Bertz CT molecular complexity index is 409. The van der Waals surface area contributed by atoms with Gasteiger partial charge in [0.2, 0.25) is 0 Å². The second kappa shape index (κ2) is 5.27. The van der Waals surface area contributed by atoms with E-state index in [0.29, 0.717) is 12.0 Å². The molecule has 2 atom stereocenters. The van der Waals surface area contributed by atoms with Crippen LogP contribution in [0.25, 0.3) is 0 Å². The van der Waals surface area contributed by atoms with Crippen LogP contribution in [0, 0.1) is 5.92 Å². The lowest BCUT2D eigenvalue weighted by molar-refractivity contribution is 0.385. The fourth-order valence-electron chi connectivity index (χ4n) is 2.31. The Morgan fingerprint density at radius 2 is 1.94 bits per heavy atom. The van der Waals surface area contributed by atoms with Gasteiger partial charge in [0.05, 0.1) is 18.7 Å². The highest BCUT2D eigenvalue weighted by atomic mass is 79.9. The minimum Gasteiger partial charge on any atom is -0.496 e. The van der Waals surface area contributed by atoms with Crippen LogP contribution in [0.1, 0.15) is 24.9 Å². The van der Waals surface area contributed by atoms with Crippen LogP contribution in [0.2, 0.25) is 0 Å². The van der Waals surface area contributed by atoms with Crippen molar-refractivity contribution in [2.45, 2.75) is 19.4 Å². The molecule has 1 fully saturated rings. The average molecular weight is 300 g/mol. The van der Waals surface area contributed by atoms with E-state index in [-0.39, 0.29) is 0 Å². The van der Waals surface area contributed by atoms with Crippen LogP contribution in [0.5, 0.6) is 11.5 Å². The van der Waals surface area contributed by atoms with E-state index in [1.807, 2.05) is 6.07 Å². The summed E-state index contributed by atoms with van der Waals surface area (Å²) in [5.74, 6) is 2.40. The molecule has 1 N–H and O–H groups in total. The normalized spacial score (nSPS) is 23.8. The Morgan fingerprint density at radius 1 is 1.24 bits per heavy atom. The van der Waals surface area contributed by atoms with Crippen molar-refractivity contribution in [3.63, 3.8) is 0 Å². The molecular weight excluding hydrogens is 282 g/mol. The van der Waals surface area contributed by atoms with Gasteiger partial charge in [-0.2, -0.15) is 0 Å². The van der Waals surface area contributed by atoms with Crippen LogP contribution >= 0.6 is 15.9 Å². The van der Waals surface area contributed by atoms with Crippen LogP contribution in [0.3, 0.4) is 0 Å². The van der Waals surface area contributed by atoms with Gasteiger partial charge < -0.3 is 14.8 Å². The van der Waals surface area contributed by atoms with Crippen molar-refractivity contribution in [1.29, 1.82) is 0 Å². The largest absolute Gasteiger partial charge is 0.496 e. The standard InChI is InChI=1S/C13H18BrNO2/c1-8-4-11(15-7-8)9-5-10(14)13(17-3)6-12(9)16-2/h5-6,8,11,15H,4,7H2,1-3H3. The minimum absolute atomic E-state index is 0.377. The minimum atomic E-state index is 0.377. The molecule has 1 aliphatic heterocycles. The summed E-state index contributed by atoms with van der Waals surface area (Å²) in [6.07, 6.45) is 1.15. The zero-order valence-corrected chi connectivity index (χ0v) is 12.0. The lowest BCUT2D eigenvalue weighted by atomic mass is 10.0. The summed E-state index contributed by atoms with van der Waals surface area (Å²) >= 11 is 3.52. The lowest BCUT2D eigenvalue weighted by Crippen LogP contribution is -2.14. The molecule has 0 spiro atoms. The van der Waals surface area contributed by atoms with E-state index in [2.05, 4.69) is 34.2 Å². The summed E-state index contributed by atoms with van der Waals surface area (Å²) in [6.45, 7) is 3.33. The Balaban J connectivity index is 2.35. The number of hydrogen-bond donors (Lipinski definition) is 1. The number of benzene rings is 1. The zero-order chi connectivity index (χ0) is 12.4. The second-order valence-electron chi connectivity index (χ2n) is 4.53. The molecule has 3 nitrogen and oxygen atoms in total. The van der Waals surface area contributed by atoms with Crippen LogP contribution in [-0.4, -0.2) is 20.8 Å². The first-order chi connectivity index (χ1) is 8.15. The van der Waals surface area contributed by atoms with Gasteiger partial charge in [-0.25, -0.2) is 0 Å². The summed E-state index contributed by atoms with van der Waals surface area (Å²) in [5, 5.41) is 3.52. The van der Waals surface area contributed by atoms with Crippen LogP contribution in [0.15, 0.2) is 16.6 Å². The summed E-state index contributed by atoms with van der Waals surface area (Å²) in [4.78, 5) is 0. The van der Waals surface area contributed by atoms with E-state index >= 15 is 0 Å². The quantitative estimate of drug-likeness (QED) is 0.930. The lowest BCUT2D eigenvalue weighted by Gasteiger charge is -2.17. The third kappa shape index (κ3) is 2.58. The van der Waals surface area contributed by atoms with E-state index in [9.17, 15) is 0 Å². The summed E-state index contributed by atoms with van der Waals surface area (Å²) in [7, 11) is 3.36. The summed E-state index contributed by atoms with van der Waals surface area (Å²) in [6, 6.07) is 4.40. The number of halogens is 1. The molecule has 2 rings (SSSR count). The number of methoxy groups -OCH3 is 2. The molecule has 0 radical (unpaired) electrons. The molecule has 1 saturated heterocycles. The molecule has 1 aromatic rings. The SMILES string of the molecule is COc1cc(OC)c(C2CC(C)CN2)cc1Br. The van der Waals surface area contributed by atoms with Crippen molar-refractivity contribution < 1.29 is 9.47 Å². The van der Waals surface area contributed by atoms with Crippen LogP contribution in [0.4, 0.5) is 0 Å². The van der Waals surface area contributed by atoms with E-state index in [1.165, 1.54) is 5.56 Å². The highest BCUT2D eigenvalue weighted by molar-refractivity contribution is 9.10. The molecule has 0 aromatic heterocycles. The van der Waals surface area contributed by atoms with Gasteiger partial charge in [0.25, 0.3) is 0 Å². The molecule has 2 unspecified atom stereocenters. The van der Waals surface area contributed by atoms with E-state index in [0.717, 1.165) is 28.9 Å². The topological polar surface area (TPSA) is 30.5 Å². The van der Waals surface area contributed by atoms with Crippen LogP contribution < -0.4 is 14.8 Å². The van der Waals surface area contributed by atoms with Gasteiger partial charge in [-0.3, -0.25) is 0 Å². The fourth-order valence-corrected chi connectivity index (χ4v) is 2.83. The van der Waals surface area contributed by atoms with Gasteiger partial charge in [0, 0.05) is 17.7 Å². The monoisotopic (exact) mass is 299 g/mol. The van der Waals surface area contributed by atoms with E-state index in [1.54, 1.807) is 14.2 Å². The summed E-state index contributed by atoms with van der Waals surface area (Å²) < 4.78 is 11.7. The summed E-state index contributed by atoms with van der Waals surface area (Å²) in [5.41, 5.74) is 1.20. The van der Waals surface area contributed by atoms with Gasteiger partial charge >= 0.3 is 0 Å². The molecular formula is C13H18BrNO2. The third-order valence-corrected chi connectivity index (χ3v) is 3.85. The number of rotatable bonds is 3. The smallest absolute Gasteiger partial charge is 0.136 e. The molecule has 1 heterocycles. The highest BCUT2D eigenvalue weighted by Gasteiger charge is 2.25. The Hall–Kier alpha value is -0.740. The van der Waals surface area contributed by atoms with Gasteiger partial charge in [0.15, 0.2) is 0 Å². The number of nitrogens with one attached hydrogen (secondary N) is 1. The zero-order valence-electron chi connectivity index (χ0n) is 10.4. The van der Waals surface area contributed by atoms with E-state index < -0.39 is 0 Å². The maximum absolute atomic E-state index is 5.45.